The van der Waals surface area contributed by atoms with Crippen LogP contribution in [0.15, 0.2) is 47.1 Å². The number of rotatable bonds is 21. The lowest BCUT2D eigenvalue weighted by atomic mass is 10.1. The van der Waals surface area contributed by atoms with Crippen molar-refractivity contribution in [3.05, 3.63) is 58.1 Å². The number of benzene rings is 2. The number of aromatic nitrogens is 5. The van der Waals surface area contributed by atoms with Crippen molar-refractivity contribution < 1.29 is 9.55 Å². The van der Waals surface area contributed by atoms with Gasteiger partial charge < -0.3 is 21.3 Å². The van der Waals surface area contributed by atoms with Gasteiger partial charge in [0.1, 0.15) is 0 Å². The van der Waals surface area contributed by atoms with E-state index >= 15 is 0 Å². The number of nitro groups is 1. The molecule has 0 radical (unpaired) electrons. The second-order valence-electron chi connectivity index (χ2n) is 10.5. The summed E-state index contributed by atoms with van der Waals surface area (Å²) < 4.78 is 4.72. The number of hydrogen-bond acceptors (Lipinski definition) is 12. The van der Waals surface area contributed by atoms with Crippen LogP contribution in [-0.4, -0.2) is 49.8 Å². The third-order valence-corrected chi connectivity index (χ3v) is 7.04. The summed E-state index contributed by atoms with van der Waals surface area (Å²) in [5, 5.41) is 32.0. The fourth-order valence-electron chi connectivity index (χ4n) is 4.67. The molecule has 4 N–H and O–H groups in total. The number of nitrogens with zero attached hydrogens (tertiary/aromatic N) is 6. The summed E-state index contributed by atoms with van der Waals surface area (Å²) in [5.74, 6) is 1.68. The predicted molar refractivity (Wildman–Crippen MR) is 169 cm³/mol. The third kappa shape index (κ3) is 10.3. The molecule has 4 aromatic rings. The zero-order valence-corrected chi connectivity index (χ0v) is 24.8. The maximum absolute atomic E-state index is 11.2. The van der Waals surface area contributed by atoms with Crippen LogP contribution in [-0.2, 0) is 6.54 Å². The van der Waals surface area contributed by atoms with E-state index in [4.69, 9.17) is 4.63 Å². The second-order valence-corrected chi connectivity index (χ2v) is 10.5. The van der Waals surface area contributed by atoms with Gasteiger partial charge in [-0.3, -0.25) is 10.1 Å². The molecule has 2 heterocycles. The fourth-order valence-corrected chi connectivity index (χ4v) is 4.67. The predicted octanol–water partition coefficient (Wildman–Crippen LogP) is 6.78. The largest absolute Gasteiger partial charge is 0.383 e. The standard InChI is InChI=1S/C30H42N10O3/c1-2-3-4-5-6-13-20-32-28-35-29(37-30(36-28)34-22-23-15-10-9-11-16-23)33-21-14-8-7-12-19-31-24-17-18-25(40(41)42)27-26(24)38-43-39-27/h9-11,15-18,31H,2-8,12-14,19-22H2,1H3,(H3,32,33,34,35,36,37). The van der Waals surface area contributed by atoms with Crippen molar-refractivity contribution in [2.45, 2.75) is 77.7 Å². The maximum Gasteiger partial charge on any atom is 0.300 e. The van der Waals surface area contributed by atoms with Gasteiger partial charge in [0.25, 0.3) is 0 Å². The second kappa shape index (κ2) is 17.4. The van der Waals surface area contributed by atoms with Crippen LogP contribution >= 0.6 is 0 Å². The molecule has 0 unspecified atom stereocenters. The van der Waals surface area contributed by atoms with Gasteiger partial charge in [-0.1, -0.05) is 82.2 Å². The van der Waals surface area contributed by atoms with Crippen LogP contribution in [0.3, 0.4) is 0 Å². The summed E-state index contributed by atoms with van der Waals surface area (Å²) in [4.78, 5) is 24.4. The third-order valence-electron chi connectivity index (χ3n) is 7.04. The number of fused-ring (bicyclic) bond motifs is 1. The Kier molecular flexibility index (Phi) is 12.7. The van der Waals surface area contributed by atoms with Gasteiger partial charge >= 0.3 is 5.69 Å². The molecule has 0 aliphatic heterocycles. The molecule has 13 heteroatoms. The Bertz CT molecular complexity index is 1400. The molecule has 0 aliphatic rings. The van der Waals surface area contributed by atoms with Crippen LogP contribution in [0.4, 0.5) is 29.2 Å². The van der Waals surface area contributed by atoms with Crippen molar-refractivity contribution in [3.63, 3.8) is 0 Å². The van der Waals surface area contributed by atoms with E-state index in [2.05, 4.69) is 65.6 Å². The Balaban J connectivity index is 1.19. The highest BCUT2D eigenvalue weighted by Gasteiger charge is 2.19. The first-order valence-electron chi connectivity index (χ1n) is 15.3. The number of hydrogen-bond donors (Lipinski definition) is 4. The highest BCUT2D eigenvalue weighted by atomic mass is 16.6. The smallest absolute Gasteiger partial charge is 0.300 e. The first kappa shape index (κ1) is 31.4. The van der Waals surface area contributed by atoms with Crippen molar-refractivity contribution in [1.29, 1.82) is 0 Å². The van der Waals surface area contributed by atoms with E-state index in [0.717, 1.165) is 50.8 Å². The molecule has 0 saturated heterocycles. The van der Waals surface area contributed by atoms with Gasteiger partial charge in [-0.05, 0) is 41.2 Å². The molecule has 0 aliphatic carbocycles. The zero-order valence-electron chi connectivity index (χ0n) is 24.8. The lowest BCUT2D eigenvalue weighted by Gasteiger charge is -2.12. The van der Waals surface area contributed by atoms with Crippen LogP contribution < -0.4 is 21.3 Å². The van der Waals surface area contributed by atoms with Gasteiger partial charge in [0.05, 0.1) is 10.6 Å². The number of anilines is 4. The maximum atomic E-state index is 11.2. The summed E-state index contributed by atoms with van der Waals surface area (Å²) in [7, 11) is 0. The van der Waals surface area contributed by atoms with Gasteiger partial charge in [0, 0.05) is 32.2 Å². The Morgan fingerprint density at radius 1 is 0.674 bits per heavy atom. The topological polar surface area (TPSA) is 169 Å². The molecule has 4 rings (SSSR count). The summed E-state index contributed by atoms with van der Waals surface area (Å²) in [6, 6.07) is 13.2. The van der Waals surface area contributed by atoms with Crippen LogP contribution in [0.5, 0.6) is 0 Å². The minimum Gasteiger partial charge on any atom is -0.383 e. The molecule has 0 fully saturated rings. The Labute approximate surface area is 251 Å². The monoisotopic (exact) mass is 590 g/mol. The normalized spacial score (nSPS) is 11.0. The first-order valence-corrected chi connectivity index (χ1v) is 15.3. The van der Waals surface area contributed by atoms with Gasteiger partial charge in [0.2, 0.25) is 23.4 Å². The fraction of sp³-hybridized carbons (Fsp3) is 0.500. The summed E-state index contributed by atoms with van der Waals surface area (Å²) >= 11 is 0. The van der Waals surface area contributed by atoms with Crippen LogP contribution in [0.2, 0.25) is 0 Å². The summed E-state index contributed by atoms with van der Waals surface area (Å²) in [5.41, 5.74) is 2.24. The van der Waals surface area contributed by atoms with Crippen molar-refractivity contribution >= 4 is 40.3 Å². The first-order chi connectivity index (χ1) is 21.1. The quantitative estimate of drug-likeness (QED) is 0.0456. The van der Waals surface area contributed by atoms with Crippen molar-refractivity contribution in [2.75, 3.05) is 40.9 Å². The Hall–Kier alpha value is -4.55. The van der Waals surface area contributed by atoms with Gasteiger partial charge in [-0.25, -0.2) is 4.63 Å². The molecule has 43 heavy (non-hydrogen) atoms. The Morgan fingerprint density at radius 2 is 1.23 bits per heavy atom. The molecule has 2 aromatic heterocycles. The zero-order chi connectivity index (χ0) is 30.1. The van der Waals surface area contributed by atoms with Gasteiger partial charge in [0.15, 0.2) is 5.52 Å². The lowest BCUT2D eigenvalue weighted by molar-refractivity contribution is -0.383. The van der Waals surface area contributed by atoms with E-state index in [1.54, 1.807) is 6.07 Å². The Morgan fingerprint density at radius 3 is 1.86 bits per heavy atom. The van der Waals surface area contributed by atoms with Gasteiger partial charge in [-0.2, -0.15) is 15.0 Å². The molecule has 0 spiro atoms. The molecule has 0 atom stereocenters. The molecular weight excluding hydrogens is 548 g/mol. The van der Waals surface area contributed by atoms with E-state index in [1.165, 1.54) is 38.2 Å². The molecular formula is C30H42N10O3. The number of unbranched alkanes of at least 4 members (excludes halogenated alkanes) is 8. The summed E-state index contributed by atoms with van der Waals surface area (Å²) in [6.07, 6.45) is 11.4. The molecule has 0 amide bonds. The minimum atomic E-state index is -0.489. The van der Waals surface area contributed by atoms with E-state index in [1.807, 2.05) is 18.2 Å². The average molecular weight is 591 g/mol. The van der Waals surface area contributed by atoms with Crippen molar-refractivity contribution in [3.8, 4) is 0 Å². The van der Waals surface area contributed by atoms with E-state index < -0.39 is 4.92 Å². The highest BCUT2D eigenvalue weighted by Crippen LogP contribution is 2.28. The van der Waals surface area contributed by atoms with Crippen LogP contribution in [0.1, 0.15) is 76.7 Å². The average Bonchev–Trinajstić information content (AvgIpc) is 3.52. The minimum absolute atomic E-state index is 0.118. The van der Waals surface area contributed by atoms with Crippen LogP contribution in [0.25, 0.3) is 11.0 Å². The lowest BCUT2D eigenvalue weighted by Crippen LogP contribution is -2.14. The number of non-ortho nitro benzene ring substituents is 1. The highest BCUT2D eigenvalue weighted by molar-refractivity contribution is 5.93. The molecule has 230 valence electrons. The molecule has 2 aromatic carbocycles. The molecule has 0 bridgehead atoms. The summed E-state index contributed by atoms with van der Waals surface area (Å²) in [6.45, 7) is 5.16. The van der Waals surface area contributed by atoms with E-state index in [-0.39, 0.29) is 11.2 Å². The van der Waals surface area contributed by atoms with Crippen molar-refractivity contribution in [2.24, 2.45) is 0 Å². The van der Waals surface area contributed by atoms with E-state index in [9.17, 15) is 10.1 Å². The molecule has 0 saturated carbocycles. The van der Waals surface area contributed by atoms with Crippen LogP contribution in [0, 0.1) is 10.1 Å². The van der Waals surface area contributed by atoms with Crippen molar-refractivity contribution in [1.82, 2.24) is 25.3 Å². The molecule has 13 nitrogen and oxygen atoms in total. The SMILES string of the molecule is CCCCCCCCNc1nc(NCCCCCCNc2ccc([N+](=O)[O-])c3nonc23)nc(NCc2ccccc2)n1. The number of nitrogens with one attached hydrogen (secondary N) is 4. The number of nitro benzene ring substituents is 1. The van der Waals surface area contributed by atoms with E-state index in [0.29, 0.717) is 42.1 Å². The van der Waals surface area contributed by atoms with Gasteiger partial charge in [-0.15, -0.1) is 0 Å².